The fourth-order valence-corrected chi connectivity index (χ4v) is 3.68. The Morgan fingerprint density at radius 1 is 0.821 bits per heavy atom. The number of hydrogen-bond donors (Lipinski definition) is 1. The molecule has 0 unspecified atom stereocenters. The molecule has 0 fully saturated rings. The Bertz CT molecular complexity index is 1350. The molecule has 28 heavy (non-hydrogen) atoms. The predicted octanol–water partition coefficient (Wildman–Crippen LogP) is 5.70. The first-order chi connectivity index (χ1) is 13.7. The van der Waals surface area contributed by atoms with Crippen molar-refractivity contribution in [3.8, 4) is 11.1 Å². The zero-order chi connectivity index (χ0) is 19.1. The van der Waals surface area contributed by atoms with Crippen molar-refractivity contribution < 1.29 is 4.42 Å². The molecular weight excluding hydrogens is 348 g/mol. The topological polar surface area (TPSA) is 47.2 Å². The number of nitrogens with zero attached hydrogens (tertiary/aromatic N) is 1. The van der Waals surface area contributed by atoms with Gasteiger partial charge in [-0.15, -0.1) is 0 Å². The van der Waals surface area contributed by atoms with Crippen LogP contribution in [0.1, 0.15) is 0 Å². The van der Waals surface area contributed by atoms with Gasteiger partial charge in [-0.2, -0.15) is 0 Å². The highest BCUT2D eigenvalue weighted by atomic mass is 16.4. The van der Waals surface area contributed by atoms with Crippen LogP contribution in [0, 0.1) is 0 Å². The van der Waals surface area contributed by atoms with Gasteiger partial charge in [0, 0.05) is 18.1 Å². The SMILES string of the molecule is Cn1c(=O)c2c(-c3ccccc3)c(Nc3ccccc3)oc2c2ccccc21. The molecule has 0 aliphatic rings. The lowest BCUT2D eigenvalue weighted by atomic mass is 10.0. The fraction of sp³-hybridized carbons (Fsp3) is 0.0417. The van der Waals surface area contributed by atoms with Crippen molar-refractivity contribution in [2.75, 3.05) is 5.32 Å². The molecule has 0 spiro atoms. The van der Waals surface area contributed by atoms with E-state index in [9.17, 15) is 4.79 Å². The van der Waals surface area contributed by atoms with Crippen molar-refractivity contribution >= 4 is 33.4 Å². The summed E-state index contributed by atoms with van der Waals surface area (Å²) in [6, 6.07) is 27.5. The molecule has 0 aliphatic heterocycles. The maximum Gasteiger partial charge on any atom is 0.262 e. The Hall–Kier alpha value is -3.79. The van der Waals surface area contributed by atoms with Crippen molar-refractivity contribution in [1.82, 2.24) is 4.57 Å². The first-order valence-corrected chi connectivity index (χ1v) is 9.16. The number of anilines is 2. The van der Waals surface area contributed by atoms with Gasteiger partial charge in [0.2, 0.25) is 5.88 Å². The predicted molar refractivity (Wildman–Crippen MR) is 114 cm³/mol. The number of benzene rings is 3. The number of pyridine rings is 1. The van der Waals surface area contributed by atoms with E-state index >= 15 is 0 Å². The van der Waals surface area contributed by atoms with Crippen molar-refractivity contribution in [1.29, 1.82) is 0 Å². The summed E-state index contributed by atoms with van der Waals surface area (Å²) >= 11 is 0. The lowest BCUT2D eigenvalue weighted by Gasteiger charge is -2.07. The van der Waals surface area contributed by atoms with Gasteiger partial charge in [0.25, 0.3) is 5.56 Å². The molecule has 5 aromatic rings. The summed E-state index contributed by atoms with van der Waals surface area (Å²) in [7, 11) is 1.80. The number of para-hydroxylation sites is 2. The lowest BCUT2D eigenvalue weighted by Crippen LogP contribution is -2.17. The van der Waals surface area contributed by atoms with E-state index in [1.54, 1.807) is 11.6 Å². The highest BCUT2D eigenvalue weighted by molar-refractivity contribution is 6.11. The van der Waals surface area contributed by atoms with E-state index in [0.29, 0.717) is 16.9 Å². The van der Waals surface area contributed by atoms with Gasteiger partial charge in [-0.1, -0.05) is 60.7 Å². The number of aryl methyl sites for hydroxylation is 1. The highest BCUT2D eigenvalue weighted by Gasteiger charge is 2.22. The third-order valence-electron chi connectivity index (χ3n) is 5.03. The van der Waals surface area contributed by atoms with Crippen LogP contribution in [0.25, 0.3) is 33.0 Å². The molecule has 0 radical (unpaired) electrons. The van der Waals surface area contributed by atoms with E-state index in [4.69, 9.17) is 4.42 Å². The molecule has 4 heteroatoms. The average Bonchev–Trinajstić information content (AvgIpc) is 3.13. The maximum atomic E-state index is 13.3. The van der Waals surface area contributed by atoms with E-state index in [0.717, 1.165) is 27.7 Å². The molecule has 0 aliphatic carbocycles. The molecule has 5 rings (SSSR count). The van der Waals surface area contributed by atoms with Gasteiger partial charge in [0.1, 0.15) is 0 Å². The van der Waals surface area contributed by atoms with Crippen LogP contribution in [-0.2, 0) is 7.05 Å². The van der Waals surface area contributed by atoms with Crippen LogP contribution in [0.3, 0.4) is 0 Å². The van der Waals surface area contributed by atoms with Crippen LogP contribution in [-0.4, -0.2) is 4.57 Å². The van der Waals surface area contributed by atoms with Crippen molar-refractivity contribution in [2.45, 2.75) is 0 Å². The summed E-state index contributed by atoms with van der Waals surface area (Å²) in [4.78, 5) is 13.3. The summed E-state index contributed by atoms with van der Waals surface area (Å²) in [6.07, 6.45) is 0. The summed E-state index contributed by atoms with van der Waals surface area (Å²) in [5.74, 6) is 0.570. The summed E-state index contributed by atoms with van der Waals surface area (Å²) in [6.45, 7) is 0. The Kier molecular flexibility index (Phi) is 3.76. The number of furan rings is 1. The lowest BCUT2D eigenvalue weighted by molar-refractivity contribution is 0.638. The van der Waals surface area contributed by atoms with Crippen LogP contribution >= 0.6 is 0 Å². The smallest absolute Gasteiger partial charge is 0.262 e. The minimum atomic E-state index is -0.0718. The molecular formula is C24H18N2O2. The molecule has 0 bridgehead atoms. The molecule has 0 amide bonds. The molecule has 3 aromatic carbocycles. The minimum absolute atomic E-state index is 0.0718. The second-order valence-corrected chi connectivity index (χ2v) is 6.75. The van der Waals surface area contributed by atoms with Gasteiger partial charge >= 0.3 is 0 Å². The first kappa shape index (κ1) is 16.4. The normalized spacial score (nSPS) is 11.2. The van der Waals surface area contributed by atoms with E-state index in [-0.39, 0.29) is 5.56 Å². The number of fused-ring (bicyclic) bond motifs is 3. The Morgan fingerprint density at radius 2 is 1.46 bits per heavy atom. The summed E-state index contributed by atoms with van der Waals surface area (Å²) < 4.78 is 7.97. The average molecular weight is 366 g/mol. The van der Waals surface area contributed by atoms with Crippen LogP contribution in [0.2, 0.25) is 0 Å². The summed E-state index contributed by atoms with van der Waals surface area (Å²) in [5.41, 5.74) is 4.01. The Balaban J connectivity index is 1.90. The fourth-order valence-electron chi connectivity index (χ4n) is 3.68. The van der Waals surface area contributed by atoms with Gasteiger partial charge in [-0.3, -0.25) is 4.79 Å². The van der Waals surface area contributed by atoms with E-state index in [1.807, 2.05) is 84.9 Å². The Labute approximate surface area is 161 Å². The zero-order valence-electron chi connectivity index (χ0n) is 15.3. The molecule has 1 N–H and O–H groups in total. The zero-order valence-corrected chi connectivity index (χ0v) is 15.3. The maximum absolute atomic E-state index is 13.3. The summed E-state index contributed by atoms with van der Waals surface area (Å²) in [5, 5.41) is 4.86. The van der Waals surface area contributed by atoms with Crippen LogP contribution in [0.5, 0.6) is 0 Å². The molecule has 136 valence electrons. The van der Waals surface area contributed by atoms with Crippen LogP contribution in [0.4, 0.5) is 11.6 Å². The second kappa shape index (κ2) is 6.43. The van der Waals surface area contributed by atoms with Gasteiger partial charge < -0.3 is 14.3 Å². The van der Waals surface area contributed by atoms with E-state index < -0.39 is 0 Å². The quantitative estimate of drug-likeness (QED) is 0.446. The van der Waals surface area contributed by atoms with Gasteiger partial charge in [0.15, 0.2) is 5.58 Å². The van der Waals surface area contributed by atoms with Crippen molar-refractivity contribution in [2.24, 2.45) is 7.05 Å². The van der Waals surface area contributed by atoms with Gasteiger partial charge in [-0.05, 0) is 29.8 Å². The van der Waals surface area contributed by atoms with E-state index in [2.05, 4.69) is 5.32 Å². The molecule has 0 saturated heterocycles. The van der Waals surface area contributed by atoms with Crippen LogP contribution in [0.15, 0.2) is 94.1 Å². The Morgan fingerprint density at radius 3 is 2.21 bits per heavy atom. The number of aromatic nitrogens is 1. The van der Waals surface area contributed by atoms with Crippen LogP contribution < -0.4 is 10.9 Å². The van der Waals surface area contributed by atoms with Gasteiger partial charge in [0.05, 0.1) is 16.5 Å². The number of rotatable bonds is 3. The molecule has 0 atom stereocenters. The minimum Gasteiger partial charge on any atom is -0.439 e. The molecule has 4 nitrogen and oxygen atoms in total. The van der Waals surface area contributed by atoms with E-state index in [1.165, 1.54) is 0 Å². The second-order valence-electron chi connectivity index (χ2n) is 6.75. The standard InChI is InChI=1S/C24H18N2O2/c1-26-19-15-9-8-14-18(19)22-21(24(26)27)20(16-10-4-2-5-11-16)23(28-22)25-17-12-6-3-7-13-17/h2-15,25H,1H3. The molecule has 2 aromatic heterocycles. The number of hydrogen-bond acceptors (Lipinski definition) is 3. The monoisotopic (exact) mass is 366 g/mol. The van der Waals surface area contributed by atoms with Crippen molar-refractivity contribution in [3.05, 3.63) is 95.3 Å². The third kappa shape index (κ3) is 2.50. The molecule has 0 saturated carbocycles. The molecule has 2 heterocycles. The third-order valence-corrected chi connectivity index (χ3v) is 5.03. The van der Waals surface area contributed by atoms with Crippen molar-refractivity contribution in [3.63, 3.8) is 0 Å². The first-order valence-electron chi connectivity index (χ1n) is 9.16. The largest absolute Gasteiger partial charge is 0.439 e. The number of nitrogens with one attached hydrogen (secondary N) is 1. The highest BCUT2D eigenvalue weighted by Crippen LogP contribution is 2.40. The van der Waals surface area contributed by atoms with Gasteiger partial charge in [-0.25, -0.2) is 0 Å².